The fourth-order valence-electron chi connectivity index (χ4n) is 3.12. The van der Waals surface area contributed by atoms with Crippen LogP contribution in [0.25, 0.3) is 0 Å². The van der Waals surface area contributed by atoms with E-state index in [4.69, 9.17) is 4.99 Å². The predicted octanol–water partition coefficient (Wildman–Crippen LogP) is 5.05. The normalized spacial score (nSPS) is 29.6. The average molecular weight is 357 g/mol. The maximum absolute atomic E-state index is 13.8. The quantitative estimate of drug-likeness (QED) is 0.760. The van der Waals surface area contributed by atoms with Crippen molar-refractivity contribution in [1.29, 1.82) is 0 Å². The molecule has 1 aromatic rings. The summed E-state index contributed by atoms with van der Waals surface area (Å²) in [5.74, 6) is 1.53. The molecule has 0 amide bonds. The summed E-state index contributed by atoms with van der Waals surface area (Å²) in [6.45, 7) is 2.31. The summed E-state index contributed by atoms with van der Waals surface area (Å²) in [4.78, 5) is 4.88. The van der Waals surface area contributed by atoms with Crippen LogP contribution in [0.4, 0.5) is 10.1 Å². The fourth-order valence-corrected chi connectivity index (χ4v) is 4.65. The van der Waals surface area contributed by atoms with E-state index in [1.807, 2.05) is 0 Å². The van der Waals surface area contributed by atoms with Crippen LogP contribution in [0.2, 0.25) is 0 Å². The van der Waals surface area contributed by atoms with Crippen molar-refractivity contribution in [3.8, 4) is 0 Å². The zero-order valence-corrected chi connectivity index (χ0v) is 13.9. The molecule has 20 heavy (non-hydrogen) atoms. The Kier molecular flexibility index (Phi) is 4.09. The van der Waals surface area contributed by atoms with E-state index in [1.54, 1.807) is 23.9 Å². The third-order valence-corrected chi connectivity index (χ3v) is 5.70. The number of rotatable bonds is 1. The molecule has 5 heteroatoms. The lowest BCUT2D eigenvalue weighted by Gasteiger charge is -2.33. The molecule has 0 saturated heterocycles. The molecular weight excluding hydrogens is 339 g/mol. The van der Waals surface area contributed by atoms with Crippen molar-refractivity contribution >= 4 is 38.5 Å². The van der Waals surface area contributed by atoms with Crippen molar-refractivity contribution in [2.45, 2.75) is 38.1 Å². The summed E-state index contributed by atoms with van der Waals surface area (Å²) in [5, 5.41) is 4.00. The van der Waals surface area contributed by atoms with Crippen LogP contribution in [-0.2, 0) is 0 Å². The first kappa shape index (κ1) is 14.4. The molecule has 1 aliphatic carbocycles. The molecule has 3 rings (SSSR count). The number of hydrogen-bond donors (Lipinski definition) is 1. The second kappa shape index (κ2) is 5.68. The molecule has 0 bridgehead atoms. The van der Waals surface area contributed by atoms with Gasteiger partial charge in [0.2, 0.25) is 0 Å². The largest absolute Gasteiger partial charge is 0.333 e. The molecule has 1 saturated carbocycles. The Morgan fingerprint density at radius 2 is 2.35 bits per heavy atom. The predicted molar refractivity (Wildman–Crippen MR) is 88.0 cm³/mol. The van der Waals surface area contributed by atoms with E-state index in [1.165, 1.54) is 18.9 Å². The van der Waals surface area contributed by atoms with Crippen LogP contribution in [0.3, 0.4) is 0 Å². The zero-order valence-electron chi connectivity index (χ0n) is 11.5. The molecule has 1 spiro atoms. The Hall–Kier alpha value is -0.550. The van der Waals surface area contributed by atoms with Crippen molar-refractivity contribution in [2.24, 2.45) is 10.9 Å². The molecule has 1 aliphatic heterocycles. The van der Waals surface area contributed by atoms with Gasteiger partial charge in [0.25, 0.3) is 0 Å². The highest BCUT2D eigenvalue weighted by atomic mass is 79.9. The highest BCUT2D eigenvalue weighted by Gasteiger charge is 2.39. The molecule has 2 atom stereocenters. The third kappa shape index (κ3) is 3.03. The summed E-state index contributed by atoms with van der Waals surface area (Å²) >= 11 is 5.09. The van der Waals surface area contributed by atoms with Crippen molar-refractivity contribution in [1.82, 2.24) is 0 Å². The number of hydrogen-bond acceptors (Lipinski definition) is 3. The minimum absolute atomic E-state index is 0.0904. The highest BCUT2D eigenvalue weighted by molar-refractivity contribution is 9.10. The van der Waals surface area contributed by atoms with E-state index < -0.39 is 0 Å². The van der Waals surface area contributed by atoms with E-state index in [2.05, 4.69) is 28.2 Å². The zero-order chi connectivity index (χ0) is 14.2. The standard InChI is InChI=1S/C15H18BrFN2S/c1-10-3-2-6-15(8-10)9-20-14(19-15)18-13-7-11(16)4-5-12(13)17/h4-5,7,10H,2-3,6,8-9H2,1H3,(H,18,19). The SMILES string of the molecule is CC1CCCC2(CSC(Nc3cc(Br)ccc3F)=N2)C1. The van der Waals surface area contributed by atoms with Gasteiger partial charge in [-0.1, -0.05) is 47.5 Å². The minimum atomic E-state index is -0.241. The van der Waals surface area contributed by atoms with Gasteiger partial charge in [-0.05, 0) is 37.0 Å². The summed E-state index contributed by atoms with van der Waals surface area (Å²) in [6.07, 6.45) is 4.89. The Morgan fingerprint density at radius 1 is 1.50 bits per heavy atom. The number of benzene rings is 1. The Labute approximate surface area is 131 Å². The highest BCUT2D eigenvalue weighted by Crippen LogP contribution is 2.42. The van der Waals surface area contributed by atoms with Crippen LogP contribution < -0.4 is 5.32 Å². The maximum Gasteiger partial charge on any atom is 0.161 e. The number of nitrogens with one attached hydrogen (secondary N) is 1. The minimum Gasteiger partial charge on any atom is -0.333 e. The number of amidine groups is 1. The summed E-state index contributed by atoms with van der Waals surface area (Å²) in [5.41, 5.74) is 0.583. The molecule has 1 aromatic carbocycles. The van der Waals surface area contributed by atoms with E-state index in [0.29, 0.717) is 5.69 Å². The maximum atomic E-state index is 13.8. The van der Waals surface area contributed by atoms with E-state index >= 15 is 0 Å². The molecule has 0 radical (unpaired) electrons. The van der Waals surface area contributed by atoms with Gasteiger partial charge < -0.3 is 5.32 Å². The van der Waals surface area contributed by atoms with Gasteiger partial charge in [-0.25, -0.2) is 4.39 Å². The van der Waals surface area contributed by atoms with E-state index in [9.17, 15) is 4.39 Å². The van der Waals surface area contributed by atoms with Gasteiger partial charge >= 0.3 is 0 Å². The molecule has 1 heterocycles. The lowest BCUT2D eigenvalue weighted by Crippen LogP contribution is -2.33. The van der Waals surface area contributed by atoms with Crippen molar-refractivity contribution < 1.29 is 4.39 Å². The smallest absolute Gasteiger partial charge is 0.161 e. The first-order valence-corrected chi connectivity index (χ1v) is 8.79. The average Bonchev–Trinajstić information content (AvgIpc) is 2.76. The summed E-state index contributed by atoms with van der Waals surface area (Å²) < 4.78 is 14.6. The second-order valence-corrected chi connectivity index (χ2v) is 7.76. The first-order valence-electron chi connectivity index (χ1n) is 7.01. The van der Waals surface area contributed by atoms with E-state index in [-0.39, 0.29) is 11.4 Å². The number of nitrogens with zero attached hydrogens (tertiary/aromatic N) is 1. The van der Waals surface area contributed by atoms with Gasteiger partial charge in [0, 0.05) is 10.2 Å². The molecule has 0 aromatic heterocycles. The number of aliphatic imine (C=N–C) groups is 1. The number of anilines is 1. The van der Waals surface area contributed by atoms with Crippen LogP contribution in [0.15, 0.2) is 27.7 Å². The van der Waals surface area contributed by atoms with Crippen LogP contribution in [0.1, 0.15) is 32.6 Å². The van der Waals surface area contributed by atoms with E-state index in [0.717, 1.165) is 34.2 Å². The van der Waals surface area contributed by atoms with Gasteiger partial charge in [0.1, 0.15) is 5.82 Å². The third-order valence-electron chi connectivity index (χ3n) is 4.05. The van der Waals surface area contributed by atoms with Crippen LogP contribution in [0, 0.1) is 11.7 Å². The Bertz CT molecular complexity index is 549. The Balaban J connectivity index is 1.77. The molecule has 1 N–H and O–H groups in total. The Morgan fingerprint density at radius 3 is 3.15 bits per heavy atom. The van der Waals surface area contributed by atoms with Gasteiger partial charge in [0.05, 0.1) is 11.2 Å². The van der Waals surface area contributed by atoms with Crippen LogP contribution >= 0.6 is 27.7 Å². The lowest BCUT2D eigenvalue weighted by atomic mass is 9.78. The molecule has 2 nitrogen and oxygen atoms in total. The lowest BCUT2D eigenvalue weighted by molar-refractivity contribution is 0.266. The first-order chi connectivity index (χ1) is 9.56. The molecule has 108 valence electrons. The van der Waals surface area contributed by atoms with Crippen LogP contribution in [-0.4, -0.2) is 16.5 Å². The van der Waals surface area contributed by atoms with Crippen LogP contribution in [0.5, 0.6) is 0 Å². The fraction of sp³-hybridized carbons (Fsp3) is 0.533. The number of thioether (sulfide) groups is 1. The molecule has 2 unspecified atom stereocenters. The topological polar surface area (TPSA) is 24.4 Å². The van der Waals surface area contributed by atoms with Gasteiger partial charge in [-0.3, -0.25) is 4.99 Å². The monoisotopic (exact) mass is 356 g/mol. The number of halogens is 2. The second-order valence-electron chi connectivity index (χ2n) is 5.88. The summed E-state index contributed by atoms with van der Waals surface area (Å²) in [7, 11) is 0. The summed E-state index contributed by atoms with van der Waals surface area (Å²) in [6, 6.07) is 4.92. The van der Waals surface area contributed by atoms with Crippen molar-refractivity contribution in [3.63, 3.8) is 0 Å². The van der Waals surface area contributed by atoms with Gasteiger partial charge in [-0.15, -0.1) is 0 Å². The molecule has 2 aliphatic rings. The molecule has 1 fully saturated rings. The molecular formula is C15H18BrFN2S. The van der Waals surface area contributed by atoms with Gasteiger partial charge in [-0.2, -0.15) is 0 Å². The van der Waals surface area contributed by atoms with Gasteiger partial charge in [0.15, 0.2) is 5.17 Å². The van der Waals surface area contributed by atoms with Crippen molar-refractivity contribution in [3.05, 3.63) is 28.5 Å². The van der Waals surface area contributed by atoms with Crippen molar-refractivity contribution in [2.75, 3.05) is 11.1 Å².